The lowest BCUT2D eigenvalue weighted by atomic mass is 9.98. The van der Waals surface area contributed by atoms with E-state index in [0.29, 0.717) is 28.1 Å². The fourth-order valence-corrected chi connectivity index (χ4v) is 2.58. The van der Waals surface area contributed by atoms with E-state index in [9.17, 15) is 9.90 Å². The van der Waals surface area contributed by atoms with E-state index in [1.165, 1.54) is 0 Å². The Hall–Kier alpha value is -3.54. The maximum Gasteiger partial charge on any atom is 0.372 e. The zero-order chi connectivity index (χ0) is 18.5. The highest BCUT2D eigenvalue weighted by Crippen LogP contribution is 2.28. The molecule has 130 valence electrons. The van der Waals surface area contributed by atoms with Crippen LogP contribution in [0.2, 0.25) is 0 Å². The van der Waals surface area contributed by atoms with Gasteiger partial charge in [0.15, 0.2) is 0 Å². The van der Waals surface area contributed by atoms with Crippen molar-refractivity contribution in [3.05, 3.63) is 89.2 Å². The van der Waals surface area contributed by atoms with Crippen LogP contribution in [-0.2, 0) is 4.79 Å². The molecule has 0 atom stereocenters. The number of carbonyl (C=O) groups is 1. The van der Waals surface area contributed by atoms with Gasteiger partial charge in [0.05, 0.1) is 0 Å². The van der Waals surface area contributed by atoms with Crippen LogP contribution >= 0.6 is 0 Å². The van der Waals surface area contributed by atoms with E-state index >= 15 is 0 Å². The van der Waals surface area contributed by atoms with Crippen LogP contribution in [0.3, 0.4) is 0 Å². The Bertz CT molecular complexity index is 893. The van der Waals surface area contributed by atoms with Crippen LogP contribution in [0.1, 0.15) is 22.5 Å². The molecule has 0 saturated carbocycles. The summed E-state index contributed by atoms with van der Waals surface area (Å²) in [5.74, 6) is -1.47. The molecule has 1 N–H and O–H groups in total. The summed E-state index contributed by atoms with van der Waals surface area (Å²) in [7, 11) is 0. The van der Waals surface area contributed by atoms with Crippen LogP contribution < -0.4 is 4.74 Å². The average Bonchev–Trinajstić information content (AvgIpc) is 2.62. The van der Waals surface area contributed by atoms with Crippen LogP contribution in [0.5, 0.6) is 6.01 Å². The monoisotopic (exact) mass is 347 g/mol. The predicted octanol–water partition coefficient (Wildman–Crippen LogP) is 3.41. The second-order valence-corrected chi connectivity index (χ2v) is 5.65. The third-order valence-electron chi connectivity index (χ3n) is 3.59. The van der Waals surface area contributed by atoms with Gasteiger partial charge in [-0.3, -0.25) is 4.98 Å². The van der Waals surface area contributed by atoms with E-state index in [2.05, 4.69) is 15.0 Å². The zero-order valence-electron chi connectivity index (χ0n) is 14.4. The van der Waals surface area contributed by atoms with E-state index < -0.39 is 5.97 Å². The van der Waals surface area contributed by atoms with Gasteiger partial charge in [-0.2, -0.15) is 0 Å². The average molecular weight is 347 g/mol. The molecule has 0 aliphatic rings. The van der Waals surface area contributed by atoms with E-state index in [1.807, 2.05) is 30.3 Å². The highest BCUT2D eigenvalue weighted by molar-refractivity contribution is 5.99. The molecule has 0 amide bonds. The second-order valence-electron chi connectivity index (χ2n) is 5.65. The molecular weight excluding hydrogens is 330 g/mol. The molecule has 3 rings (SSSR count). The number of hydrogen-bond donors (Lipinski definition) is 1. The second kappa shape index (κ2) is 7.57. The molecule has 6 heteroatoms. The minimum atomic E-state index is -1.21. The minimum absolute atomic E-state index is 0.00257. The number of nitrogens with zero attached hydrogens (tertiary/aromatic N) is 3. The van der Waals surface area contributed by atoms with Crippen LogP contribution in [0.4, 0.5) is 0 Å². The smallest absolute Gasteiger partial charge is 0.372 e. The van der Waals surface area contributed by atoms with Gasteiger partial charge in [0.1, 0.15) is 0 Å². The van der Waals surface area contributed by atoms with Crippen molar-refractivity contribution in [2.75, 3.05) is 0 Å². The highest BCUT2D eigenvalue weighted by Gasteiger charge is 2.22. The lowest BCUT2D eigenvalue weighted by Gasteiger charge is -2.13. The third kappa shape index (κ3) is 3.92. The maximum atomic E-state index is 12.0. The van der Waals surface area contributed by atoms with E-state index in [0.717, 1.165) is 0 Å². The molecule has 0 spiro atoms. The van der Waals surface area contributed by atoms with Crippen molar-refractivity contribution in [3.63, 3.8) is 0 Å². The molecule has 0 aliphatic heterocycles. The zero-order valence-corrected chi connectivity index (χ0v) is 14.4. The summed E-state index contributed by atoms with van der Waals surface area (Å²) in [6.07, 6.45) is 3.22. The molecule has 0 aliphatic carbocycles. The van der Waals surface area contributed by atoms with Gasteiger partial charge in [-0.25, -0.2) is 14.8 Å². The van der Waals surface area contributed by atoms with Gasteiger partial charge < -0.3 is 9.84 Å². The van der Waals surface area contributed by atoms with Crippen molar-refractivity contribution in [3.8, 4) is 6.01 Å². The number of carboxylic acid groups (broad SMARTS) is 1. The number of benzene rings is 1. The van der Waals surface area contributed by atoms with Crippen LogP contribution in [-0.4, -0.2) is 26.0 Å². The molecular formula is C20H17N3O3. The third-order valence-corrected chi connectivity index (χ3v) is 3.59. The van der Waals surface area contributed by atoms with E-state index in [1.54, 1.807) is 44.4 Å². The molecule has 0 radical (unpaired) electrons. The predicted molar refractivity (Wildman–Crippen MR) is 96.5 cm³/mol. The number of aromatic nitrogens is 3. The number of ether oxygens (including phenoxy) is 1. The fourth-order valence-electron chi connectivity index (χ4n) is 2.58. The normalized spacial score (nSPS) is 11.6. The van der Waals surface area contributed by atoms with Crippen molar-refractivity contribution in [1.29, 1.82) is 0 Å². The Morgan fingerprint density at radius 3 is 2.19 bits per heavy atom. The summed E-state index contributed by atoms with van der Waals surface area (Å²) in [6, 6.07) is 14.5. The van der Waals surface area contributed by atoms with Crippen molar-refractivity contribution in [2.45, 2.75) is 13.8 Å². The quantitative estimate of drug-likeness (QED) is 0.562. The van der Waals surface area contributed by atoms with Crippen molar-refractivity contribution in [2.24, 2.45) is 0 Å². The van der Waals surface area contributed by atoms with Gasteiger partial charge in [0.25, 0.3) is 0 Å². The molecule has 26 heavy (non-hydrogen) atoms. The van der Waals surface area contributed by atoms with Gasteiger partial charge >= 0.3 is 12.0 Å². The molecule has 2 heterocycles. The molecule has 6 nitrogen and oxygen atoms in total. The van der Waals surface area contributed by atoms with Gasteiger partial charge in [-0.1, -0.05) is 36.4 Å². The fraction of sp³-hybridized carbons (Fsp3) is 0.100. The number of hydrogen-bond acceptors (Lipinski definition) is 5. The topological polar surface area (TPSA) is 85.2 Å². The minimum Gasteiger partial charge on any atom is -0.475 e. The largest absolute Gasteiger partial charge is 0.475 e. The summed E-state index contributed by atoms with van der Waals surface area (Å²) in [5, 5.41) is 9.81. The summed E-state index contributed by atoms with van der Waals surface area (Å²) in [4.78, 5) is 24.5. The molecule has 2 aromatic heterocycles. The van der Waals surface area contributed by atoms with Gasteiger partial charge in [0.2, 0.25) is 5.76 Å². The number of pyridine rings is 1. The Kier molecular flexibility index (Phi) is 5.03. The van der Waals surface area contributed by atoms with Crippen molar-refractivity contribution in [1.82, 2.24) is 15.0 Å². The molecule has 1 aromatic carbocycles. The van der Waals surface area contributed by atoms with E-state index in [-0.39, 0.29) is 11.8 Å². The molecule has 0 saturated heterocycles. The molecule has 0 fully saturated rings. The SMILES string of the molecule is Cc1cc(C)nc(O/C(C(=O)O)=C(/c2ccccc2)c2cccnc2)n1. The number of aryl methyl sites for hydroxylation is 2. The van der Waals surface area contributed by atoms with Crippen LogP contribution in [0.15, 0.2) is 66.7 Å². The van der Waals surface area contributed by atoms with Crippen LogP contribution in [0.25, 0.3) is 5.57 Å². The maximum absolute atomic E-state index is 12.0. The first-order valence-corrected chi connectivity index (χ1v) is 7.98. The van der Waals surface area contributed by atoms with Gasteiger partial charge in [0, 0.05) is 34.9 Å². The summed E-state index contributed by atoms with van der Waals surface area (Å²) in [6.45, 7) is 3.59. The first kappa shape index (κ1) is 17.3. The Morgan fingerprint density at radius 1 is 0.962 bits per heavy atom. The standard InChI is InChI=1S/C20H17N3O3/c1-13-11-14(2)23-20(22-13)26-18(19(24)25)17(15-7-4-3-5-8-15)16-9-6-10-21-12-16/h3-12H,1-2H3,(H,24,25)/b18-17-. The van der Waals surface area contributed by atoms with Crippen molar-refractivity contribution >= 4 is 11.5 Å². The van der Waals surface area contributed by atoms with Gasteiger partial charge in [-0.15, -0.1) is 0 Å². The van der Waals surface area contributed by atoms with Gasteiger partial charge in [-0.05, 0) is 31.5 Å². The summed E-state index contributed by atoms with van der Waals surface area (Å²) < 4.78 is 5.64. The molecule has 3 aromatic rings. The number of rotatable bonds is 5. The molecule has 0 bridgehead atoms. The molecule has 0 unspecified atom stereocenters. The Balaban J connectivity index is 2.20. The van der Waals surface area contributed by atoms with Crippen LogP contribution in [0, 0.1) is 13.8 Å². The summed E-state index contributed by atoms with van der Waals surface area (Å²) in [5.41, 5.74) is 3.12. The van der Waals surface area contributed by atoms with Crippen molar-refractivity contribution < 1.29 is 14.6 Å². The van der Waals surface area contributed by atoms with E-state index in [4.69, 9.17) is 4.74 Å². The lowest BCUT2D eigenvalue weighted by Crippen LogP contribution is -2.14. The first-order chi connectivity index (χ1) is 12.5. The highest BCUT2D eigenvalue weighted by atomic mass is 16.5. The lowest BCUT2D eigenvalue weighted by molar-refractivity contribution is -0.135. The number of carboxylic acids is 1. The Labute approximate surface area is 150 Å². The number of aliphatic carboxylic acids is 1. The summed E-state index contributed by atoms with van der Waals surface area (Å²) >= 11 is 0. The Morgan fingerprint density at radius 2 is 1.62 bits per heavy atom. The first-order valence-electron chi connectivity index (χ1n) is 7.98.